The van der Waals surface area contributed by atoms with Gasteiger partial charge >= 0.3 is 0 Å². The molecule has 1 aromatic heterocycles. The molecule has 2 aliphatic rings. The first-order valence-electron chi connectivity index (χ1n) is 7.44. The van der Waals surface area contributed by atoms with Crippen LogP contribution in [0.3, 0.4) is 0 Å². The lowest BCUT2D eigenvalue weighted by Gasteiger charge is -2.35. The summed E-state index contributed by atoms with van der Waals surface area (Å²) in [7, 11) is 0. The molecule has 1 aromatic rings. The second-order valence-electron chi connectivity index (χ2n) is 5.55. The standard InChI is InChI=1S/C15H20N2O3S/c18-14-4-3-13(16-14)15(19)17(10-12-2-1-9-21-12)11-5-7-20-8-6-11/h1-2,9,11,13H,3-8,10H2,(H,16,18). The average Bonchev–Trinajstić information content (AvgIpc) is 3.16. The molecule has 1 atom stereocenters. The second-order valence-corrected chi connectivity index (χ2v) is 6.58. The molecule has 2 aliphatic heterocycles. The van der Waals surface area contributed by atoms with Gasteiger partial charge in [0, 0.05) is 30.6 Å². The lowest BCUT2D eigenvalue weighted by atomic mass is 10.0. The Morgan fingerprint density at radius 1 is 1.38 bits per heavy atom. The van der Waals surface area contributed by atoms with E-state index in [9.17, 15) is 9.59 Å². The summed E-state index contributed by atoms with van der Waals surface area (Å²) in [4.78, 5) is 27.3. The zero-order valence-electron chi connectivity index (χ0n) is 11.9. The second kappa shape index (κ2) is 6.58. The maximum Gasteiger partial charge on any atom is 0.245 e. The van der Waals surface area contributed by atoms with Gasteiger partial charge in [-0.3, -0.25) is 9.59 Å². The number of nitrogens with zero attached hydrogens (tertiary/aromatic N) is 1. The first-order valence-corrected chi connectivity index (χ1v) is 8.32. The summed E-state index contributed by atoms with van der Waals surface area (Å²) < 4.78 is 5.40. The van der Waals surface area contributed by atoms with Gasteiger partial charge in [0.15, 0.2) is 0 Å². The molecule has 3 heterocycles. The lowest BCUT2D eigenvalue weighted by molar-refractivity contribution is -0.139. The molecule has 21 heavy (non-hydrogen) atoms. The van der Waals surface area contributed by atoms with E-state index in [1.807, 2.05) is 16.3 Å². The van der Waals surface area contributed by atoms with Gasteiger partial charge in [-0.15, -0.1) is 11.3 Å². The van der Waals surface area contributed by atoms with Crippen LogP contribution in [0.15, 0.2) is 17.5 Å². The molecule has 5 nitrogen and oxygen atoms in total. The third kappa shape index (κ3) is 3.44. The van der Waals surface area contributed by atoms with Gasteiger partial charge < -0.3 is 15.0 Å². The van der Waals surface area contributed by atoms with E-state index in [2.05, 4.69) is 11.4 Å². The molecule has 3 rings (SSSR count). The average molecular weight is 308 g/mol. The van der Waals surface area contributed by atoms with Crippen molar-refractivity contribution in [3.8, 4) is 0 Å². The minimum Gasteiger partial charge on any atom is -0.381 e. The number of ether oxygens (including phenoxy) is 1. The molecule has 2 amide bonds. The molecule has 0 saturated carbocycles. The van der Waals surface area contributed by atoms with Gasteiger partial charge in [0.2, 0.25) is 11.8 Å². The molecule has 2 fully saturated rings. The Morgan fingerprint density at radius 3 is 2.81 bits per heavy atom. The topological polar surface area (TPSA) is 58.6 Å². The minimum atomic E-state index is -0.347. The van der Waals surface area contributed by atoms with Crippen LogP contribution in [-0.4, -0.2) is 42.0 Å². The zero-order valence-corrected chi connectivity index (χ0v) is 12.7. The van der Waals surface area contributed by atoms with Gasteiger partial charge in [-0.25, -0.2) is 0 Å². The molecule has 1 unspecified atom stereocenters. The minimum absolute atomic E-state index is 0.0172. The van der Waals surface area contributed by atoms with Crippen molar-refractivity contribution in [3.05, 3.63) is 22.4 Å². The van der Waals surface area contributed by atoms with Gasteiger partial charge in [-0.2, -0.15) is 0 Å². The summed E-state index contributed by atoms with van der Waals surface area (Å²) in [5, 5.41) is 4.82. The van der Waals surface area contributed by atoms with Crippen LogP contribution in [0.1, 0.15) is 30.6 Å². The molecule has 114 valence electrons. The van der Waals surface area contributed by atoms with Crippen LogP contribution >= 0.6 is 11.3 Å². The van der Waals surface area contributed by atoms with E-state index in [-0.39, 0.29) is 23.9 Å². The van der Waals surface area contributed by atoms with Crippen LogP contribution in [0.5, 0.6) is 0 Å². The molecule has 0 aliphatic carbocycles. The Hall–Kier alpha value is -1.40. The van der Waals surface area contributed by atoms with Crippen molar-refractivity contribution in [2.45, 2.75) is 44.3 Å². The van der Waals surface area contributed by atoms with E-state index in [0.717, 1.165) is 12.8 Å². The van der Waals surface area contributed by atoms with Crippen LogP contribution in [-0.2, 0) is 20.9 Å². The highest BCUT2D eigenvalue weighted by molar-refractivity contribution is 7.09. The Labute approximate surface area is 128 Å². The Kier molecular flexibility index (Phi) is 4.55. The quantitative estimate of drug-likeness (QED) is 0.918. The summed E-state index contributed by atoms with van der Waals surface area (Å²) in [6.07, 6.45) is 2.81. The SMILES string of the molecule is O=C1CCC(C(=O)N(Cc2cccs2)C2CCOCC2)N1. The van der Waals surface area contributed by atoms with Crippen molar-refractivity contribution in [1.82, 2.24) is 10.2 Å². The third-order valence-corrected chi connectivity index (χ3v) is 4.98. The lowest BCUT2D eigenvalue weighted by Crippen LogP contribution is -2.50. The van der Waals surface area contributed by atoms with Crippen molar-refractivity contribution in [3.63, 3.8) is 0 Å². The molecule has 0 bridgehead atoms. The molecule has 0 aromatic carbocycles. The van der Waals surface area contributed by atoms with E-state index in [4.69, 9.17) is 4.74 Å². The number of carbonyl (C=O) groups excluding carboxylic acids is 2. The van der Waals surface area contributed by atoms with Gasteiger partial charge in [0.05, 0.1) is 6.54 Å². The van der Waals surface area contributed by atoms with Crippen molar-refractivity contribution < 1.29 is 14.3 Å². The number of hydrogen-bond acceptors (Lipinski definition) is 4. The molecule has 0 radical (unpaired) electrons. The fourth-order valence-corrected chi connectivity index (χ4v) is 3.66. The van der Waals surface area contributed by atoms with Crippen molar-refractivity contribution >= 4 is 23.2 Å². The fourth-order valence-electron chi connectivity index (χ4n) is 2.95. The number of nitrogens with one attached hydrogen (secondary N) is 1. The smallest absolute Gasteiger partial charge is 0.245 e. The highest BCUT2D eigenvalue weighted by Gasteiger charge is 2.34. The van der Waals surface area contributed by atoms with Crippen LogP contribution in [0.4, 0.5) is 0 Å². The van der Waals surface area contributed by atoms with Crippen LogP contribution in [0.2, 0.25) is 0 Å². The van der Waals surface area contributed by atoms with E-state index >= 15 is 0 Å². The molecular weight excluding hydrogens is 288 g/mol. The van der Waals surface area contributed by atoms with E-state index in [0.29, 0.717) is 32.6 Å². The summed E-state index contributed by atoms with van der Waals surface area (Å²) in [6, 6.07) is 3.92. The highest BCUT2D eigenvalue weighted by atomic mass is 32.1. The third-order valence-electron chi connectivity index (χ3n) is 4.11. The predicted octanol–water partition coefficient (Wildman–Crippen LogP) is 1.53. The molecule has 0 spiro atoms. The van der Waals surface area contributed by atoms with Gasteiger partial charge in [-0.05, 0) is 30.7 Å². The molecule has 1 N–H and O–H groups in total. The van der Waals surface area contributed by atoms with E-state index in [1.165, 1.54) is 4.88 Å². The van der Waals surface area contributed by atoms with Gasteiger partial charge in [0.25, 0.3) is 0 Å². The van der Waals surface area contributed by atoms with Gasteiger partial charge in [-0.1, -0.05) is 6.07 Å². The maximum absolute atomic E-state index is 12.8. The Bertz CT molecular complexity index is 497. The van der Waals surface area contributed by atoms with Crippen molar-refractivity contribution in [2.75, 3.05) is 13.2 Å². The molecular formula is C15H20N2O3S. The van der Waals surface area contributed by atoms with E-state index in [1.54, 1.807) is 11.3 Å². The van der Waals surface area contributed by atoms with Crippen molar-refractivity contribution in [2.24, 2.45) is 0 Å². The molecule has 6 heteroatoms. The Morgan fingerprint density at radius 2 is 2.19 bits per heavy atom. The number of amides is 2. The van der Waals surface area contributed by atoms with Crippen LogP contribution in [0.25, 0.3) is 0 Å². The largest absolute Gasteiger partial charge is 0.381 e. The summed E-state index contributed by atoms with van der Waals surface area (Å²) in [5.41, 5.74) is 0. The fraction of sp³-hybridized carbons (Fsp3) is 0.600. The van der Waals surface area contributed by atoms with Gasteiger partial charge in [0.1, 0.15) is 6.04 Å². The number of carbonyl (C=O) groups is 2. The zero-order chi connectivity index (χ0) is 14.7. The highest BCUT2D eigenvalue weighted by Crippen LogP contribution is 2.22. The van der Waals surface area contributed by atoms with Crippen LogP contribution < -0.4 is 5.32 Å². The summed E-state index contributed by atoms with van der Waals surface area (Å²) in [6.45, 7) is 2.04. The first-order chi connectivity index (χ1) is 10.2. The van der Waals surface area contributed by atoms with E-state index < -0.39 is 0 Å². The number of hydrogen-bond donors (Lipinski definition) is 1. The number of thiophene rings is 1. The Balaban J connectivity index is 1.73. The maximum atomic E-state index is 12.8. The predicted molar refractivity (Wildman–Crippen MR) is 79.9 cm³/mol. The summed E-state index contributed by atoms with van der Waals surface area (Å²) >= 11 is 1.66. The monoisotopic (exact) mass is 308 g/mol. The first kappa shape index (κ1) is 14.5. The van der Waals surface area contributed by atoms with Crippen LogP contribution in [0, 0.1) is 0 Å². The molecule has 2 saturated heterocycles. The summed E-state index contributed by atoms with van der Waals surface area (Å²) in [5.74, 6) is 0.0394. The normalized spacial score (nSPS) is 23.0. The number of rotatable bonds is 4. The van der Waals surface area contributed by atoms with Crippen molar-refractivity contribution in [1.29, 1.82) is 0 Å².